The highest BCUT2D eigenvalue weighted by molar-refractivity contribution is 6.06. The Morgan fingerprint density at radius 1 is 1.35 bits per heavy atom. The van der Waals surface area contributed by atoms with Crippen LogP contribution in [0.1, 0.15) is 51.4 Å². The Morgan fingerprint density at radius 3 is 2.70 bits per heavy atom. The van der Waals surface area contributed by atoms with Crippen LogP contribution in [0.3, 0.4) is 0 Å². The molecule has 0 spiro atoms. The van der Waals surface area contributed by atoms with E-state index in [-0.39, 0.29) is 24.2 Å². The molecule has 3 rings (SSSR count). The van der Waals surface area contributed by atoms with E-state index in [2.05, 4.69) is 10.3 Å². The van der Waals surface area contributed by atoms with E-state index in [0.29, 0.717) is 4.57 Å². The van der Waals surface area contributed by atoms with E-state index in [1.165, 1.54) is 6.20 Å². The molecule has 1 unspecified atom stereocenters. The van der Waals surface area contributed by atoms with E-state index < -0.39 is 18.1 Å². The van der Waals surface area contributed by atoms with Crippen LogP contribution in [-0.2, 0) is 11.3 Å². The quantitative estimate of drug-likeness (QED) is 0.865. The molecule has 1 aromatic rings. The van der Waals surface area contributed by atoms with Crippen LogP contribution in [0.4, 0.5) is 13.6 Å². The molecule has 2 fully saturated rings. The number of imide groups is 1. The zero-order chi connectivity index (χ0) is 16.6. The number of aromatic nitrogens is 2. The minimum Gasteiger partial charge on any atom is -0.323 e. The van der Waals surface area contributed by atoms with Gasteiger partial charge in [0.25, 0.3) is 5.91 Å². The van der Waals surface area contributed by atoms with Crippen molar-refractivity contribution in [3.05, 3.63) is 18.2 Å². The minimum absolute atomic E-state index is 0.00334. The molecule has 6 nitrogen and oxygen atoms in total. The lowest BCUT2D eigenvalue weighted by Gasteiger charge is -2.34. The summed E-state index contributed by atoms with van der Waals surface area (Å²) in [6.45, 7) is -1.26. The highest BCUT2D eigenvalue weighted by atomic mass is 19.3. The predicted octanol–water partition coefficient (Wildman–Crippen LogP) is 2.67. The fourth-order valence-electron chi connectivity index (χ4n) is 3.60. The lowest BCUT2D eigenvalue weighted by atomic mass is 9.75. The van der Waals surface area contributed by atoms with Crippen molar-refractivity contribution in [2.24, 2.45) is 5.92 Å². The molecular weight excluding hydrogens is 306 g/mol. The standard InChI is InChI=1S/C15H20F2N4O2/c1-15(10-5-3-2-4-6-10)12(22)21(14(23)19-15)9-11-18-7-8-20(11)13(16)17/h7-8,10,13H,2-6,9H2,1H3,(H,19,23). The number of rotatable bonds is 4. The Morgan fingerprint density at radius 2 is 2.04 bits per heavy atom. The molecule has 23 heavy (non-hydrogen) atoms. The summed E-state index contributed by atoms with van der Waals surface area (Å²) >= 11 is 0. The molecule has 1 saturated heterocycles. The van der Waals surface area contributed by atoms with Gasteiger partial charge in [-0.1, -0.05) is 19.3 Å². The van der Waals surface area contributed by atoms with Crippen molar-refractivity contribution < 1.29 is 18.4 Å². The van der Waals surface area contributed by atoms with Crippen molar-refractivity contribution in [3.63, 3.8) is 0 Å². The van der Waals surface area contributed by atoms with Crippen LogP contribution in [0, 0.1) is 5.92 Å². The molecule has 1 saturated carbocycles. The molecule has 2 heterocycles. The first-order chi connectivity index (χ1) is 10.9. The minimum atomic E-state index is -2.75. The van der Waals surface area contributed by atoms with Gasteiger partial charge < -0.3 is 5.32 Å². The summed E-state index contributed by atoms with van der Waals surface area (Å²) in [6, 6.07) is -0.535. The molecule has 2 aliphatic rings. The van der Waals surface area contributed by atoms with Gasteiger partial charge in [-0.15, -0.1) is 0 Å². The van der Waals surface area contributed by atoms with Crippen LogP contribution in [0.5, 0.6) is 0 Å². The third-order valence-corrected chi connectivity index (χ3v) is 4.98. The van der Waals surface area contributed by atoms with Crippen molar-refractivity contribution >= 4 is 11.9 Å². The van der Waals surface area contributed by atoms with Crippen molar-refractivity contribution in [1.29, 1.82) is 0 Å². The van der Waals surface area contributed by atoms with Gasteiger partial charge in [-0.2, -0.15) is 8.78 Å². The van der Waals surface area contributed by atoms with Gasteiger partial charge in [-0.25, -0.2) is 9.78 Å². The summed E-state index contributed by atoms with van der Waals surface area (Å²) in [7, 11) is 0. The number of alkyl halides is 2. The zero-order valence-corrected chi connectivity index (χ0v) is 13.0. The van der Waals surface area contributed by atoms with Gasteiger partial charge in [-0.3, -0.25) is 14.3 Å². The first-order valence-corrected chi connectivity index (χ1v) is 7.87. The Labute approximate surface area is 132 Å². The number of urea groups is 1. The average molecular weight is 326 g/mol. The van der Waals surface area contributed by atoms with E-state index in [9.17, 15) is 18.4 Å². The van der Waals surface area contributed by atoms with Crippen molar-refractivity contribution in [2.75, 3.05) is 0 Å². The zero-order valence-electron chi connectivity index (χ0n) is 13.0. The van der Waals surface area contributed by atoms with E-state index in [4.69, 9.17) is 0 Å². The third kappa shape index (κ3) is 2.70. The normalized spacial score (nSPS) is 26.2. The number of nitrogens with one attached hydrogen (secondary N) is 1. The number of hydrogen-bond donors (Lipinski definition) is 1. The molecule has 1 aliphatic heterocycles. The molecule has 1 aromatic heterocycles. The summed E-state index contributed by atoms with van der Waals surface area (Å²) < 4.78 is 26.4. The van der Waals surface area contributed by atoms with Gasteiger partial charge in [-0.05, 0) is 25.7 Å². The van der Waals surface area contributed by atoms with Gasteiger partial charge in [0, 0.05) is 12.4 Å². The maximum atomic E-state index is 12.9. The SMILES string of the molecule is CC1(C2CCCCC2)NC(=O)N(Cc2nccn2C(F)F)C1=O. The number of imidazole rings is 1. The largest absolute Gasteiger partial charge is 0.325 e. The van der Waals surface area contributed by atoms with Crippen LogP contribution in [0.25, 0.3) is 0 Å². The van der Waals surface area contributed by atoms with E-state index >= 15 is 0 Å². The summed E-state index contributed by atoms with van der Waals surface area (Å²) in [6.07, 6.45) is 7.38. The summed E-state index contributed by atoms with van der Waals surface area (Å²) in [4.78, 5) is 29.8. The second kappa shape index (κ2) is 5.90. The second-order valence-electron chi connectivity index (χ2n) is 6.39. The van der Waals surface area contributed by atoms with Crippen molar-refractivity contribution in [3.8, 4) is 0 Å². The number of halogens is 2. The summed E-state index contributed by atoms with van der Waals surface area (Å²) in [5.74, 6) is -0.262. The van der Waals surface area contributed by atoms with Gasteiger partial charge in [0.05, 0.1) is 6.54 Å². The first kappa shape index (κ1) is 15.9. The molecular formula is C15H20F2N4O2. The predicted molar refractivity (Wildman–Crippen MR) is 77.5 cm³/mol. The molecule has 0 radical (unpaired) electrons. The third-order valence-electron chi connectivity index (χ3n) is 4.98. The first-order valence-electron chi connectivity index (χ1n) is 7.87. The Kier molecular flexibility index (Phi) is 4.08. The molecule has 1 aliphatic carbocycles. The summed E-state index contributed by atoms with van der Waals surface area (Å²) in [5, 5.41) is 2.77. The van der Waals surface area contributed by atoms with Crippen LogP contribution in [0.15, 0.2) is 12.4 Å². The van der Waals surface area contributed by atoms with Crippen molar-refractivity contribution in [2.45, 2.75) is 57.7 Å². The monoisotopic (exact) mass is 326 g/mol. The number of carbonyl (C=O) groups is 2. The lowest BCUT2D eigenvalue weighted by molar-refractivity contribution is -0.133. The molecule has 126 valence electrons. The molecule has 1 N–H and O–H groups in total. The van der Waals surface area contributed by atoms with Crippen LogP contribution >= 0.6 is 0 Å². The van der Waals surface area contributed by atoms with Gasteiger partial charge in [0.1, 0.15) is 11.4 Å². The molecule has 3 amide bonds. The van der Waals surface area contributed by atoms with Crippen LogP contribution in [-0.4, -0.2) is 31.9 Å². The Hall–Kier alpha value is -1.99. The van der Waals surface area contributed by atoms with Crippen LogP contribution in [0.2, 0.25) is 0 Å². The Balaban J connectivity index is 1.80. The topological polar surface area (TPSA) is 67.2 Å². The number of carbonyl (C=O) groups excluding carboxylic acids is 2. The number of amides is 3. The van der Waals surface area contributed by atoms with Gasteiger partial charge in [0.2, 0.25) is 0 Å². The maximum absolute atomic E-state index is 12.9. The second-order valence-corrected chi connectivity index (χ2v) is 6.39. The number of hydrogen-bond acceptors (Lipinski definition) is 3. The highest BCUT2D eigenvalue weighted by Gasteiger charge is 2.52. The fraction of sp³-hybridized carbons (Fsp3) is 0.667. The lowest BCUT2D eigenvalue weighted by Crippen LogP contribution is -2.51. The van der Waals surface area contributed by atoms with E-state index in [1.807, 2.05) is 0 Å². The molecule has 0 bridgehead atoms. The van der Waals surface area contributed by atoms with Crippen molar-refractivity contribution in [1.82, 2.24) is 19.8 Å². The number of nitrogens with zero attached hydrogens (tertiary/aromatic N) is 3. The van der Waals surface area contributed by atoms with E-state index in [0.717, 1.165) is 43.2 Å². The summed E-state index contributed by atoms with van der Waals surface area (Å²) in [5.41, 5.74) is -0.945. The van der Waals surface area contributed by atoms with Gasteiger partial charge >= 0.3 is 12.6 Å². The fourth-order valence-corrected chi connectivity index (χ4v) is 3.60. The smallest absolute Gasteiger partial charge is 0.323 e. The molecule has 1 atom stereocenters. The van der Waals surface area contributed by atoms with E-state index in [1.54, 1.807) is 6.92 Å². The van der Waals surface area contributed by atoms with Gasteiger partial charge in [0.15, 0.2) is 0 Å². The maximum Gasteiger partial charge on any atom is 0.325 e. The Bertz CT molecular complexity index is 612. The van der Waals surface area contributed by atoms with Crippen LogP contribution < -0.4 is 5.32 Å². The molecule has 0 aromatic carbocycles. The molecule has 8 heteroatoms. The highest BCUT2D eigenvalue weighted by Crippen LogP contribution is 2.36. The average Bonchev–Trinajstić information content (AvgIpc) is 3.08.